The van der Waals surface area contributed by atoms with Crippen LogP contribution in [0.1, 0.15) is 43.5 Å². The van der Waals surface area contributed by atoms with E-state index in [-0.39, 0.29) is 0 Å². The van der Waals surface area contributed by atoms with Crippen molar-refractivity contribution in [2.24, 2.45) is 7.05 Å². The van der Waals surface area contributed by atoms with Gasteiger partial charge in [-0.3, -0.25) is 9.58 Å². The average Bonchev–Trinajstić information content (AvgIpc) is 3.22. The number of piperidine rings is 1. The fourth-order valence-electron chi connectivity index (χ4n) is 3.80. The minimum absolute atomic E-state index is 0.497. The highest BCUT2D eigenvalue weighted by atomic mass is 15.3. The van der Waals surface area contributed by atoms with Crippen LogP contribution in [0.2, 0.25) is 0 Å². The molecule has 1 saturated heterocycles. The van der Waals surface area contributed by atoms with E-state index >= 15 is 0 Å². The topological polar surface area (TPSA) is 51.8 Å². The van der Waals surface area contributed by atoms with Gasteiger partial charge in [0.05, 0.1) is 11.9 Å². The van der Waals surface area contributed by atoms with Gasteiger partial charge in [-0.15, -0.1) is 0 Å². The van der Waals surface area contributed by atoms with Crippen molar-refractivity contribution in [3.05, 3.63) is 42.0 Å². The molecule has 0 radical (unpaired) electrons. The maximum absolute atomic E-state index is 4.98. The summed E-state index contributed by atoms with van der Waals surface area (Å²) in [5.41, 5.74) is 3.51. The predicted molar refractivity (Wildman–Crippen MR) is 98.3 cm³/mol. The van der Waals surface area contributed by atoms with Crippen molar-refractivity contribution in [3.8, 4) is 0 Å². The molecule has 0 unspecified atom stereocenters. The van der Waals surface area contributed by atoms with E-state index in [1.165, 1.54) is 24.2 Å². The summed E-state index contributed by atoms with van der Waals surface area (Å²) in [7, 11) is 2.02. The third-order valence-corrected chi connectivity index (χ3v) is 5.17. The molecule has 0 amide bonds. The Morgan fingerprint density at radius 1 is 1.20 bits per heavy atom. The summed E-state index contributed by atoms with van der Waals surface area (Å²) in [5, 5.41) is 9.90. The highest BCUT2D eigenvalue weighted by Gasteiger charge is 2.23. The van der Waals surface area contributed by atoms with E-state index in [0.29, 0.717) is 5.92 Å². The summed E-state index contributed by atoms with van der Waals surface area (Å²) >= 11 is 0. The van der Waals surface area contributed by atoms with Crippen LogP contribution < -0.4 is 0 Å². The Kier molecular flexibility index (Phi) is 4.53. The first-order valence-corrected chi connectivity index (χ1v) is 9.26. The Bertz CT molecular complexity index is 849. The lowest BCUT2D eigenvalue weighted by Gasteiger charge is -2.32. The first-order chi connectivity index (χ1) is 12.2. The van der Waals surface area contributed by atoms with Gasteiger partial charge < -0.3 is 0 Å². The molecule has 3 aromatic rings. The van der Waals surface area contributed by atoms with Gasteiger partial charge in [0.2, 0.25) is 0 Å². The molecular formula is C19H26N6. The average molecular weight is 338 g/mol. The monoisotopic (exact) mass is 338 g/mol. The standard InChI is InChI=1S/C19H26N6/c1-3-10-25-19-15(12-21-25)6-7-18(22-19)16-5-4-11-24(13-16)14-17-8-9-20-23(17)2/h6-9,12,16H,3-5,10-11,13-14H2,1-2H3/t16-/m1/s1. The third kappa shape index (κ3) is 3.31. The molecule has 4 heterocycles. The van der Waals surface area contributed by atoms with Gasteiger partial charge >= 0.3 is 0 Å². The van der Waals surface area contributed by atoms with Crippen LogP contribution in [0, 0.1) is 0 Å². The van der Waals surface area contributed by atoms with Crippen LogP contribution in [-0.4, -0.2) is 42.5 Å². The quantitative estimate of drug-likeness (QED) is 0.718. The van der Waals surface area contributed by atoms with Gasteiger partial charge in [0.25, 0.3) is 0 Å². The first kappa shape index (κ1) is 16.3. The largest absolute Gasteiger partial charge is 0.297 e. The molecule has 0 saturated carbocycles. The highest BCUT2D eigenvalue weighted by Crippen LogP contribution is 2.28. The van der Waals surface area contributed by atoms with E-state index in [9.17, 15) is 0 Å². The molecule has 6 heteroatoms. The van der Waals surface area contributed by atoms with E-state index in [1.54, 1.807) is 0 Å². The Balaban J connectivity index is 1.53. The van der Waals surface area contributed by atoms with Crippen molar-refractivity contribution in [2.45, 2.75) is 45.2 Å². The van der Waals surface area contributed by atoms with Gasteiger partial charge in [-0.25, -0.2) is 9.67 Å². The summed E-state index contributed by atoms with van der Waals surface area (Å²) in [6, 6.07) is 6.48. The van der Waals surface area contributed by atoms with Gasteiger partial charge in [0, 0.05) is 49.9 Å². The van der Waals surface area contributed by atoms with Crippen molar-refractivity contribution < 1.29 is 0 Å². The lowest BCUT2D eigenvalue weighted by atomic mass is 9.94. The number of hydrogen-bond donors (Lipinski definition) is 0. The second kappa shape index (κ2) is 6.96. The molecule has 132 valence electrons. The molecule has 6 nitrogen and oxygen atoms in total. The number of aromatic nitrogens is 5. The number of likely N-dealkylation sites (tertiary alicyclic amines) is 1. The SMILES string of the molecule is CCCn1ncc2ccc([C@@H]3CCCN(Cc4ccnn4C)C3)nc21. The third-order valence-electron chi connectivity index (χ3n) is 5.17. The molecule has 1 aliphatic heterocycles. The second-order valence-electron chi connectivity index (χ2n) is 7.04. The lowest BCUT2D eigenvalue weighted by Crippen LogP contribution is -2.34. The van der Waals surface area contributed by atoms with Crippen molar-refractivity contribution >= 4 is 11.0 Å². The van der Waals surface area contributed by atoms with Crippen LogP contribution in [0.25, 0.3) is 11.0 Å². The Morgan fingerprint density at radius 2 is 2.12 bits per heavy atom. The van der Waals surface area contributed by atoms with Gasteiger partial charge in [0.1, 0.15) is 0 Å². The lowest BCUT2D eigenvalue weighted by molar-refractivity contribution is 0.194. The van der Waals surface area contributed by atoms with Crippen molar-refractivity contribution in [2.75, 3.05) is 13.1 Å². The summed E-state index contributed by atoms with van der Waals surface area (Å²) in [4.78, 5) is 7.51. The number of aryl methyl sites for hydroxylation is 2. The summed E-state index contributed by atoms with van der Waals surface area (Å²) in [5.74, 6) is 0.497. The van der Waals surface area contributed by atoms with Crippen LogP contribution in [-0.2, 0) is 20.1 Å². The summed E-state index contributed by atoms with van der Waals surface area (Å²) in [6.45, 7) is 6.28. The summed E-state index contributed by atoms with van der Waals surface area (Å²) < 4.78 is 4.01. The molecule has 1 atom stereocenters. The van der Waals surface area contributed by atoms with Gasteiger partial charge in [0.15, 0.2) is 5.65 Å². The molecule has 1 aliphatic rings. The molecule has 0 spiro atoms. The van der Waals surface area contributed by atoms with Gasteiger partial charge in [-0.1, -0.05) is 6.92 Å². The van der Waals surface area contributed by atoms with Gasteiger partial charge in [-0.05, 0) is 44.0 Å². The zero-order valence-electron chi connectivity index (χ0n) is 15.1. The normalized spacial score (nSPS) is 18.9. The first-order valence-electron chi connectivity index (χ1n) is 9.26. The predicted octanol–water partition coefficient (Wildman–Crippen LogP) is 2.95. The van der Waals surface area contributed by atoms with Crippen molar-refractivity contribution in [3.63, 3.8) is 0 Å². The number of hydrogen-bond acceptors (Lipinski definition) is 4. The van der Waals surface area contributed by atoms with E-state index in [0.717, 1.165) is 43.6 Å². The Labute approximate surface area is 148 Å². The number of nitrogens with zero attached hydrogens (tertiary/aromatic N) is 6. The van der Waals surface area contributed by atoms with E-state index in [4.69, 9.17) is 4.98 Å². The van der Waals surface area contributed by atoms with Crippen LogP contribution in [0.5, 0.6) is 0 Å². The molecule has 4 rings (SSSR count). The minimum atomic E-state index is 0.497. The van der Waals surface area contributed by atoms with Gasteiger partial charge in [-0.2, -0.15) is 10.2 Å². The Hall–Kier alpha value is -2.21. The zero-order valence-corrected chi connectivity index (χ0v) is 15.1. The summed E-state index contributed by atoms with van der Waals surface area (Å²) in [6.07, 6.45) is 7.31. The second-order valence-corrected chi connectivity index (χ2v) is 7.04. The van der Waals surface area contributed by atoms with Crippen LogP contribution in [0.4, 0.5) is 0 Å². The molecule has 0 aliphatic carbocycles. The van der Waals surface area contributed by atoms with E-state index in [2.05, 4.69) is 40.2 Å². The molecule has 0 bridgehead atoms. The minimum Gasteiger partial charge on any atom is -0.297 e. The zero-order chi connectivity index (χ0) is 17.2. The van der Waals surface area contributed by atoms with Crippen molar-refractivity contribution in [1.82, 2.24) is 29.4 Å². The number of pyridine rings is 1. The Morgan fingerprint density at radius 3 is 2.92 bits per heavy atom. The number of rotatable bonds is 5. The van der Waals surface area contributed by atoms with Crippen LogP contribution >= 0.6 is 0 Å². The van der Waals surface area contributed by atoms with E-state index in [1.807, 2.05) is 28.8 Å². The smallest absolute Gasteiger partial charge is 0.157 e. The molecule has 0 N–H and O–H groups in total. The fraction of sp³-hybridized carbons (Fsp3) is 0.526. The molecule has 0 aromatic carbocycles. The van der Waals surface area contributed by atoms with Crippen molar-refractivity contribution in [1.29, 1.82) is 0 Å². The van der Waals surface area contributed by atoms with E-state index < -0.39 is 0 Å². The van der Waals surface area contributed by atoms with Crippen LogP contribution in [0.15, 0.2) is 30.6 Å². The maximum Gasteiger partial charge on any atom is 0.157 e. The number of fused-ring (bicyclic) bond motifs is 1. The fourth-order valence-corrected chi connectivity index (χ4v) is 3.80. The molecular weight excluding hydrogens is 312 g/mol. The van der Waals surface area contributed by atoms with Crippen LogP contribution in [0.3, 0.4) is 0 Å². The highest BCUT2D eigenvalue weighted by molar-refractivity contribution is 5.74. The maximum atomic E-state index is 4.98. The molecule has 1 fully saturated rings. The molecule has 3 aromatic heterocycles. The molecule has 25 heavy (non-hydrogen) atoms.